The molecule has 8 nitrogen and oxygen atoms in total. The standard InChI is InChI=1S/C21H16ClN7O/c1-2-16-17(13-6-8-14(22)9-7-13)19-26-25-18-20(29(19)27-16)24-12-28(21(18)30)11-15-5-3-4-10-23-15/h3-10,12H,2,11H2,1H3. The summed E-state index contributed by atoms with van der Waals surface area (Å²) >= 11 is 6.03. The van der Waals surface area contributed by atoms with Crippen LogP contribution in [0.2, 0.25) is 5.02 Å². The number of hydrogen-bond donors (Lipinski definition) is 0. The molecule has 0 spiro atoms. The van der Waals surface area contributed by atoms with E-state index in [1.807, 2.05) is 49.4 Å². The van der Waals surface area contributed by atoms with Crippen LogP contribution in [0.1, 0.15) is 18.3 Å². The average molecular weight is 418 g/mol. The monoisotopic (exact) mass is 417 g/mol. The first-order valence-electron chi connectivity index (χ1n) is 9.45. The molecule has 0 saturated carbocycles. The fourth-order valence-electron chi connectivity index (χ4n) is 3.44. The van der Waals surface area contributed by atoms with Gasteiger partial charge in [-0.25, -0.2) is 4.98 Å². The SMILES string of the molecule is CCc1nn2c(nnc3c(=O)n(Cc4ccccn4)cnc32)c1-c1ccc(Cl)cc1. The smallest absolute Gasteiger partial charge is 0.283 e. The Kier molecular flexibility index (Phi) is 4.48. The summed E-state index contributed by atoms with van der Waals surface area (Å²) in [7, 11) is 0. The molecule has 5 rings (SSSR count). The number of halogens is 1. The van der Waals surface area contributed by atoms with Crippen molar-refractivity contribution < 1.29 is 0 Å². The molecule has 0 bridgehead atoms. The fraction of sp³-hybridized carbons (Fsp3) is 0.143. The molecule has 0 saturated heterocycles. The summed E-state index contributed by atoms with van der Waals surface area (Å²) in [6.07, 6.45) is 3.88. The lowest BCUT2D eigenvalue weighted by Gasteiger charge is -2.06. The molecule has 0 radical (unpaired) electrons. The van der Waals surface area contributed by atoms with E-state index in [-0.39, 0.29) is 11.1 Å². The number of hydrogen-bond acceptors (Lipinski definition) is 6. The average Bonchev–Trinajstić information content (AvgIpc) is 3.16. The maximum atomic E-state index is 13.0. The largest absolute Gasteiger partial charge is 0.291 e. The van der Waals surface area contributed by atoms with E-state index >= 15 is 0 Å². The lowest BCUT2D eigenvalue weighted by molar-refractivity contribution is 0.720. The highest BCUT2D eigenvalue weighted by atomic mass is 35.5. The summed E-state index contributed by atoms with van der Waals surface area (Å²) in [5.74, 6) is 0. The quantitative estimate of drug-likeness (QED) is 0.446. The summed E-state index contributed by atoms with van der Waals surface area (Å²) in [6.45, 7) is 2.32. The molecule has 148 valence electrons. The molecule has 0 aliphatic rings. The van der Waals surface area contributed by atoms with Crippen LogP contribution in [0.4, 0.5) is 0 Å². The molecule has 30 heavy (non-hydrogen) atoms. The Morgan fingerprint density at radius 2 is 1.83 bits per heavy atom. The van der Waals surface area contributed by atoms with Crippen molar-refractivity contribution in [3.8, 4) is 11.1 Å². The van der Waals surface area contributed by atoms with Crippen LogP contribution in [-0.4, -0.2) is 34.3 Å². The molecule has 0 fully saturated rings. The van der Waals surface area contributed by atoms with Crippen LogP contribution in [0.15, 0.2) is 59.8 Å². The van der Waals surface area contributed by atoms with E-state index in [0.717, 1.165) is 22.5 Å². The summed E-state index contributed by atoms with van der Waals surface area (Å²) in [5.41, 5.74) is 4.20. The highest BCUT2D eigenvalue weighted by molar-refractivity contribution is 6.30. The van der Waals surface area contributed by atoms with Crippen molar-refractivity contribution in [3.63, 3.8) is 0 Å². The lowest BCUT2D eigenvalue weighted by Crippen LogP contribution is -2.23. The highest BCUT2D eigenvalue weighted by Gasteiger charge is 2.19. The minimum Gasteiger partial charge on any atom is -0.291 e. The Balaban J connectivity index is 1.70. The maximum absolute atomic E-state index is 13.0. The van der Waals surface area contributed by atoms with E-state index in [1.165, 1.54) is 10.9 Å². The third kappa shape index (κ3) is 3.02. The van der Waals surface area contributed by atoms with Gasteiger partial charge in [0.15, 0.2) is 16.8 Å². The maximum Gasteiger partial charge on any atom is 0.283 e. The zero-order chi connectivity index (χ0) is 20.7. The van der Waals surface area contributed by atoms with Crippen molar-refractivity contribution in [1.29, 1.82) is 0 Å². The van der Waals surface area contributed by atoms with Crippen LogP contribution in [-0.2, 0) is 13.0 Å². The van der Waals surface area contributed by atoms with Crippen LogP contribution in [0, 0.1) is 0 Å². The second kappa shape index (κ2) is 7.31. The zero-order valence-electron chi connectivity index (χ0n) is 16.0. The number of pyridine rings is 1. The third-order valence-electron chi connectivity index (χ3n) is 4.90. The number of rotatable bonds is 4. The van der Waals surface area contributed by atoms with Crippen molar-refractivity contribution in [2.75, 3.05) is 0 Å². The summed E-state index contributed by atoms with van der Waals surface area (Å²) in [5, 5.41) is 13.9. The third-order valence-corrected chi connectivity index (χ3v) is 5.15. The number of aromatic nitrogens is 7. The molecule has 0 aliphatic carbocycles. The number of aryl methyl sites for hydroxylation is 1. The zero-order valence-corrected chi connectivity index (χ0v) is 16.8. The van der Waals surface area contributed by atoms with Crippen LogP contribution < -0.4 is 5.56 Å². The summed E-state index contributed by atoms with van der Waals surface area (Å²) in [4.78, 5) is 21.7. The molecular weight excluding hydrogens is 402 g/mol. The second-order valence-corrected chi connectivity index (χ2v) is 7.22. The van der Waals surface area contributed by atoms with E-state index in [0.29, 0.717) is 29.3 Å². The molecule has 1 aromatic carbocycles. The van der Waals surface area contributed by atoms with Crippen molar-refractivity contribution >= 4 is 28.4 Å². The topological polar surface area (TPSA) is 90.9 Å². The Morgan fingerprint density at radius 3 is 2.57 bits per heavy atom. The van der Waals surface area contributed by atoms with Crippen molar-refractivity contribution in [2.45, 2.75) is 19.9 Å². The van der Waals surface area contributed by atoms with Crippen molar-refractivity contribution in [1.82, 2.24) is 34.3 Å². The van der Waals surface area contributed by atoms with Gasteiger partial charge in [-0.05, 0) is 36.2 Å². The van der Waals surface area contributed by atoms with E-state index in [4.69, 9.17) is 11.6 Å². The molecule has 4 aromatic heterocycles. The first-order chi connectivity index (χ1) is 14.7. The van der Waals surface area contributed by atoms with Gasteiger partial charge in [0.1, 0.15) is 6.33 Å². The van der Waals surface area contributed by atoms with Gasteiger partial charge in [-0.15, -0.1) is 10.2 Å². The van der Waals surface area contributed by atoms with Gasteiger partial charge in [0.05, 0.1) is 23.5 Å². The minimum absolute atomic E-state index is 0.161. The number of nitrogens with zero attached hydrogens (tertiary/aromatic N) is 7. The number of benzene rings is 1. The predicted molar refractivity (Wildman–Crippen MR) is 114 cm³/mol. The number of fused-ring (bicyclic) bond motifs is 3. The molecule has 9 heteroatoms. The van der Waals surface area contributed by atoms with Crippen molar-refractivity contribution in [3.05, 3.63) is 81.8 Å². The first kappa shape index (κ1) is 18.4. The molecule has 0 aliphatic heterocycles. The van der Waals surface area contributed by atoms with E-state index < -0.39 is 0 Å². The molecule has 5 aromatic rings. The van der Waals surface area contributed by atoms with E-state index in [2.05, 4.69) is 25.3 Å². The van der Waals surface area contributed by atoms with Gasteiger partial charge in [-0.2, -0.15) is 9.61 Å². The molecule has 0 N–H and O–H groups in total. The predicted octanol–water partition coefficient (Wildman–Crippen LogP) is 3.16. The summed E-state index contributed by atoms with van der Waals surface area (Å²) in [6, 6.07) is 13.0. The first-order valence-corrected chi connectivity index (χ1v) is 9.83. The van der Waals surface area contributed by atoms with Gasteiger partial charge >= 0.3 is 0 Å². The minimum atomic E-state index is -0.290. The van der Waals surface area contributed by atoms with Gasteiger partial charge in [0.25, 0.3) is 5.56 Å². The Hall–Kier alpha value is -3.65. The fourth-order valence-corrected chi connectivity index (χ4v) is 3.57. The Morgan fingerprint density at radius 1 is 1.00 bits per heavy atom. The molecule has 0 unspecified atom stereocenters. The molecule has 4 heterocycles. The summed E-state index contributed by atoms with van der Waals surface area (Å²) < 4.78 is 3.06. The van der Waals surface area contributed by atoms with Crippen LogP contribution in [0.5, 0.6) is 0 Å². The molecule has 0 atom stereocenters. The highest BCUT2D eigenvalue weighted by Crippen LogP contribution is 2.29. The van der Waals surface area contributed by atoms with Gasteiger partial charge < -0.3 is 0 Å². The van der Waals surface area contributed by atoms with Crippen LogP contribution in [0.25, 0.3) is 27.9 Å². The van der Waals surface area contributed by atoms with Gasteiger partial charge in [-0.3, -0.25) is 14.3 Å². The normalized spacial score (nSPS) is 11.4. The van der Waals surface area contributed by atoms with Gasteiger partial charge in [-0.1, -0.05) is 36.7 Å². The lowest BCUT2D eigenvalue weighted by atomic mass is 10.0. The molecule has 0 amide bonds. The van der Waals surface area contributed by atoms with E-state index in [9.17, 15) is 4.79 Å². The molecular formula is C21H16ClN7O. The van der Waals surface area contributed by atoms with Crippen molar-refractivity contribution in [2.24, 2.45) is 0 Å². The second-order valence-electron chi connectivity index (χ2n) is 6.79. The van der Waals surface area contributed by atoms with E-state index in [1.54, 1.807) is 10.7 Å². The Bertz CT molecular complexity index is 1430. The van der Waals surface area contributed by atoms with Gasteiger partial charge in [0.2, 0.25) is 0 Å². The van der Waals surface area contributed by atoms with Gasteiger partial charge in [0, 0.05) is 11.2 Å². The Labute approximate surface area is 175 Å². The van der Waals surface area contributed by atoms with Crippen LogP contribution >= 0.6 is 11.6 Å². The van der Waals surface area contributed by atoms with Crippen LogP contribution in [0.3, 0.4) is 0 Å².